The number of anilines is 3. The van der Waals surface area contributed by atoms with Crippen LogP contribution in [0.3, 0.4) is 0 Å². The molecule has 0 amide bonds. The lowest BCUT2D eigenvalue weighted by molar-refractivity contribution is 0.0975. The molecule has 1 aromatic heterocycles. The average molecular weight is 437 g/mol. The summed E-state index contributed by atoms with van der Waals surface area (Å²) in [5.74, 6) is 1.19. The largest absolute Gasteiger partial charge is 0.390 e. The third kappa shape index (κ3) is 3.98. The molecule has 2 fully saturated rings. The highest BCUT2D eigenvalue weighted by molar-refractivity contribution is 5.84. The number of nitrogens with one attached hydrogen (secondary N) is 2. The molecule has 8 heteroatoms. The number of aliphatic hydroxyl groups is 1. The molecule has 0 radical (unpaired) electrons. The van der Waals surface area contributed by atoms with Crippen LogP contribution in [0.15, 0.2) is 18.2 Å². The summed E-state index contributed by atoms with van der Waals surface area (Å²) < 4.78 is 5.85. The molecule has 4 heterocycles. The van der Waals surface area contributed by atoms with Crippen molar-refractivity contribution in [2.45, 2.75) is 52.0 Å². The maximum atomic E-state index is 10.1. The normalized spacial score (nSPS) is 22.3. The van der Waals surface area contributed by atoms with E-state index < -0.39 is 0 Å². The van der Waals surface area contributed by atoms with Gasteiger partial charge < -0.3 is 25.5 Å². The second-order valence-corrected chi connectivity index (χ2v) is 9.62. The summed E-state index contributed by atoms with van der Waals surface area (Å²) >= 11 is 0. The Morgan fingerprint density at radius 3 is 2.72 bits per heavy atom. The fourth-order valence-electron chi connectivity index (χ4n) is 5.39. The molecular weight excluding hydrogens is 404 g/mol. The number of piperidine rings is 1. The molecule has 0 aliphatic carbocycles. The predicted octanol–water partition coefficient (Wildman–Crippen LogP) is 3.05. The fraction of sp³-hybridized carbons (Fsp3) is 0.542. The molecular formula is C24H32N6O2. The number of hydrogen-bond acceptors (Lipinski definition) is 8. The van der Waals surface area contributed by atoms with Gasteiger partial charge in [0.05, 0.1) is 19.3 Å². The Kier molecular flexibility index (Phi) is 5.61. The zero-order chi connectivity index (χ0) is 22.3. The summed E-state index contributed by atoms with van der Waals surface area (Å²) in [5.41, 5.74) is 4.86. The average Bonchev–Trinajstić information content (AvgIpc) is 3.35. The number of nitrogens with zero attached hydrogens (tertiary/aromatic N) is 4. The van der Waals surface area contributed by atoms with E-state index in [0.717, 1.165) is 57.7 Å². The fourth-order valence-corrected chi connectivity index (χ4v) is 5.39. The van der Waals surface area contributed by atoms with Crippen molar-refractivity contribution in [2.24, 2.45) is 5.41 Å². The van der Waals surface area contributed by atoms with Crippen LogP contribution in [0.5, 0.6) is 0 Å². The number of ether oxygens (including phenoxy) is 1. The predicted molar refractivity (Wildman–Crippen MR) is 125 cm³/mol. The van der Waals surface area contributed by atoms with Gasteiger partial charge in [-0.25, -0.2) is 9.97 Å². The van der Waals surface area contributed by atoms with Gasteiger partial charge in [-0.2, -0.15) is 0 Å². The lowest BCUT2D eigenvalue weighted by Crippen LogP contribution is -2.41. The summed E-state index contributed by atoms with van der Waals surface area (Å²) in [7, 11) is 2.11. The van der Waals surface area contributed by atoms with Gasteiger partial charge in [-0.05, 0) is 61.9 Å². The van der Waals surface area contributed by atoms with Gasteiger partial charge in [0, 0.05) is 38.1 Å². The Morgan fingerprint density at radius 2 is 2.03 bits per heavy atom. The number of rotatable bonds is 5. The van der Waals surface area contributed by atoms with Crippen LogP contribution >= 0.6 is 0 Å². The molecule has 2 aromatic rings. The van der Waals surface area contributed by atoms with Crippen LogP contribution in [0, 0.1) is 10.8 Å². The van der Waals surface area contributed by atoms with Crippen molar-refractivity contribution in [3.8, 4) is 0 Å². The van der Waals surface area contributed by atoms with Crippen molar-refractivity contribution in [1.29, 1.82) is 5.41 Å². The summed E-state index contributed by atoms with van der Waals surface area (Å²) in [6.07, 6.45) is 4.79. The first-order chi connectivity index (χ1) is 15.5. The molecule has 5 rings (SSSR count). The minimum atomic E-state index is -0.188. The minimum absolute atomic E-state index is 0.188. The molecule has 1 atom stereocenters. The van der Waals surface area contributed by atoms with E-state index >= 15 is 0 Å². The Morgan fingerprint density at radius 1 is 1.25 bits per heavy atom. The smallest absolute Gasteiger partial charge is 0.158 e. The first kappa shape index (κ1) is 21.3. The summed E-state index contributed by atoms with van der Waals surface area (Å²) in [4.78, 5) is 13.9. The third-order valence-corrected chi connectivity index (χ3v) is 7.13. The lowest BCUT2D eigenvalue weighted by atomic mass is 9.77. The Balaban J connectivity index is 1.37. The Labute approximate surface area is 189 Å². The Hall–Kier alpha value is -2.55. The molecule has 2 saturated heterocycles. The van der Waals surface area contributed by atoms with Crippen LogP contribution in [0.25, 0.3) is 0 Å². The van der Waals surface area contributed by atoms with Crippen LogP contribution in [0.1, 0.15) is 48.7 Å². The molecule has 32 heavy (non-hydrogen) atoms. The van der Waals surface area contributed by atoms with E-state index in [9.17, 15) is 5.11 Å². The van der Waals surface area contributed by atoms with Crippen LogP contribution in [0.4, 0.5) is 17.3 Å². The maximum Gasteiger partial charge on any atom is 0.158 e. The van der Waals surface area contributed by atoms with Gasteiger partial charge in [0.15, 0.2) is 11.6 Å². The van der Waals surface area contributed by atoms with Crippen molar-refractivity contribution in [2.75, 3.05) is 37.0 Å². The van der Waals surface area contributed by atoms with Gasteiger partial charge >= 0.3 is 0 Å². The van der Waals surface area contributed by atoms with Crippen molar-refractivity contribution in [1.82, 2.24) is 14.9 Å². The first-order valence-electron chi connectivity index (χ1n) is 11.4. The van der Waals surface area contributed by atoms with Crippen molar-refractivity contribution < 1.29 is 9.84 Å². The number of benzene rings is 1. The quantitative estimate of drug-likeness (QED) is 0.620. The molecule has 8 nitrogen and oxygen atoms in total. The van der Waals surface area contributed by atoms with E-state index in [0.29, 0.717) is 29.1 Å². The highest BCUT2D eigenvalue weighted by atomic mass is 16.5. The van der Waals surface area contributed by atoms with Crippen LogP contribution in [-0.4, -0.2) is 59.0 Å². The lowest BCUT2D eigenvalue weighted by Gasteiger charge is -2.39. The maximum absolute atomic E-state index is 10.1. The molecule has 0 unspecified atom stereocenters. The molecule has 3 aliphatic heterocycles. The summed E-state index contributed by atoms with van der Waals surface area (Å²) in [5, 5.41) is 21.3. The van der Waals surface area contributed by atoms with Crippen LogP contribution in [-0.2, 0) is 24.4 Å². The van der Waals surface area contributed by atoms with Gasteiger partial charge in [-0.3, -0.25) is 4.90 Å². The van der Waals surface area contributed by atoms with Crippen LogP contribution in [0.2, 0.25) is 0 Å². The number of aliphatic hydroxyl groups excluding tert-OH is 1. The van der Waals surface area contributed by atoms with Crippen LogP contribution < -0.4 is 10.2 Å². The molecule has 1 spiro atoms. The van der Waals surface area contributed by atoms with E-state index in [2.05, 4.69) is 41.2 Å². The molecule has 1 aromatic carbocycles. The molecule has 0 bridgehead atoms. The van der Waals surface area contributed by atoms with E-state index in [1.54, 1.807) is 0 Å². The highest BCUT2D eigenvalue weighted by Crippen LogP contribution is 2.42. The second kappa shape index (κ2) is 8.42. The topological polar surface area (TPSA) is 97.6 Å². The monoisotopic (exact) mass is 436 g/mol. The second-order valence-electron chi connectivity index (χ2n) is 9.62. The molecule has 0 saturated carbocycles. The summed E-state index contributed by atoms with van der Waals surface area (Å²) in [6, 6.07) is 6.31. The SMILES string of the molecule is C[C@H]1CC2(CCN(c3nc(C=N)c(Nc4ccc5c(c4)CN(C)C5)nc3CO)CC2)CO1. The molecule has 170 valence electrons. The first-order valence-corrected chi connectivity index (χ1v) is 11.4. The molecule has 3 N–H and O–H groups in total. The van der Waals surface area contributed by atoms with Crippen molar-refractivity contribution >= 4 is 23.5 Å². The van der Waals surface area contributed by atoms with E-state index in [1.165, 1.54) is 17.3 Å². The van der Waals surface area contributed by atoms with Gasteiger partial charge in [0.2, 0.25) is 0 Å². The zero-order valence-electron chi connectivity index (χ0n) is 18.9. The Bertz CT molecular complexity index is 1020. The van der Waals surface area contributed by atoms with E-state index in [1.807, 2.05) is 6.07 Å². The van der Waals surface area contributed by atoms with Crippen molar-refractivity contribution in [3.05, 3.63) is 40.7 Å². The minimum Gasteiger partial charge on any atom is -0.390 e. The summed E-state index contributed by atoms with van der Waals surface area (Å²) in [6.45, 7) is 6.41. The van der Waals surface area contributed by atoms with Gasteiger partial charge in [0.1, 0.15) is 11.4 Å². The molecule has 3 aliphatic rings. The zero-order valence-corrected chi connectivity index (χ0v) is 18.9. The van der Waals surface area contributed by atoms with Gasteiger partial charge in [-0.15, -0.1) is 0 Å². The van der Waals surface area contributed by atoms with Gasteiger partial charge in [0.25, 0.3) is 0 Å². The highest BCUT2D eigenvalue weighted by Gasteiger charge is 2.41. The third-order valence-electron chi connectivity index (χ3n) is 7.13. The van der Waals surface area contributed by atoms with Gasteiger partial charge in [-0.1, -0.05) is 6.07 Å². The van der Waals surface area contributed by atoms with E-state index in [-0.39, 0.29) is 12.0 Å². The number of fused-ring (bicyclic) bond motifs is 1. The van der Waals surface area contributed by atoms with Crippen molar-refractivity contribution in [3.63, 3.8) is 0 Å². The number of aromatic nitrogens is 2. The standard InChI is InChI=1S/C24H32N6O2/c1-16-10-24(15-32-16)5-7-30(8-6-24)23-21(14-31)27-22(20(11-25)28-23)26-19-4-3-17-12-29(2)13-18(17)9-19/h3-4,9,11,16,25,31H,5-8,10,12-15H2,1-2H3,(H,26,27)/t16-/m0/s1. The van der Waals surface area contributed by atoms with E-state index in [4.69, 9.17) is 20.1 Å². The number of hydrogen-bond donors (Lipinski definition) is 3.